The van der Waals surface area contributed by atoms with Gasteiger partial charge in [0.1, 0.15) is 5.75 Å². The first-order chi connectivity index (χ1) is 14.3. The molecular formula is C22H23FN2O5. The van der Waals surface area contributed by atoms with Gasteiger partial charge in [0.05, 0.1) is 0 Å². The van der Waals surface area contributed by atoms with Crippen LogP contribution in [-0.2, 0) is 21.6 Å². The van der Waals surface area contributed by atoms with Crippen LogP contribution in [0.5, 0.6) is 11.5 Å². The fraction of sp³-hybridized carbons (Fsp3) is 0.364. The van der Waals surface area contributed by atoms with Crippen molar-refractivity contribution in [2.24, 2.45) is 5.73 Å². The molecule has 2 amide bonds. The largest absolute Gasteiger partial charge is 0.508 e. The number of hydrogen-bond acceptors (Lipinski definition) is 5. The normalized spacial score (nSPS) is 21.3. The van der Waals surface area contributed by atoms with Crippen molar-refractivity contribution in [1.82, 2.24) is 4.90 Å². The Morgan fingerprint density at radius 2 is 1.83 bits per heavy atom. The molecule has 1 aliphatic heterocycles. The SMILES string of the molecule is NC(=O)C1(OC(=O)N2CCC(c3cc(F)c(O)cc3O)CC2)CCc2ccccc21. The second-order valence-corrected chi connectivity index (χ2v) is 7.84. The minimum Gasteiger partial charge on any atom is -0.508 e. The molecule has 4 rings (SSSR count). The molecule has 1 saturated heterocycles. The van der Waals surface area contributed by atoms with E-state index in [-0.39, 0.29) is 11.7 Å². The standard InChI is InChI=1S/C22H23FN2O5/c23-17-11-15(18(26)12-19(17)27)13-6-9-25(10-7-13)21(29)30-22(20(24)28)8-5-14-3-1-2-4-16(14)22/h1-4,11-13,26-27H,5-10H2,(H2,24,28). The van der Waals surface area contributed by atoms with Gasteiger partial charge in [0.25, 0.3) is 5.91 Å². The van der Waals surface area contributed by atoms with E-state index in [1.807, 2.05) is 12.1 Å². The van der Waals surface area contributed by atoms with E-state index in [1.165, 1.54) is 4.90 Å². The van der Waals surface area contributed by atoms with Crippen LogP contribution in [-0.4, -0.2) is 40.2 Å². The van der Waals surface area contributed by atoms with Crippen LogP contribution < -0.4 is 5.73 Å². The molecule has 0 radical (unpaired) electrons. The highest BCUT2D eigenvalue weighted by Crippen LogP contribution is 2.41. The molecule has 158 valence electrons. The van der Waals surface area contributed by atoms with Crippen molar-refractivity contribution in [2.75, 3.05) is 13.1 Å². The minimum absolute atomic E-state index is 0.165. The number of piperidine rings is 1. The van der Waals surface area contributed by atoms with Gasteiger partial charge in [0.15, 0.2) is 11.6 Å². The van der Waals surface area contributed by atoms with Gasteiger partial charge in [0, 0.05) is 36.7 Å². The van der Waals surface area contributed by atoms with E-state index in [9.17, 15) is 24.2 Å². The third kappa shape index (κ3) is 3.32. The number of likely N-dealkylation sites (tertiary alicyclic amines) is 1. The highest BCUT2D eigenvalue weighted by molar-refractivity contribution is 5.89. The molecule has 0 saturated carbocycles. The van der Waals surface area contributed by atoms with Gasteiger partial charge < -0.3 is 25.6 Å². The summed E-state index contributed by atoms with van der Waals surface area (Å²) in [4.78, 5) is 26.6. The summed E-state index contributed by atoms with van der Waals surface area (Å²) in [5.41, 5.74) is 6.15. The maximum Gasteiger partial charge on any atom is 0.411 e. The Morgan fingerprint density at radius 1 is 1.13 bits per heavy atom. The number of nitrogens with zero attached hydrogens (tertiary/aromatic N) is 1. The van der Waals surface area contributed by atoms with Crippen molar-refractivity contribution in [3.63, 3.8) is 0 Å². The van der Waals surface area contributed by atoms with Gasteiger partial charge in [-0.05, 0) is 36.8 Å². The fourth-order valence-electron chi connectivity index (χ4n) is 4.47. The molecule has 2 aromatic rings. The highest BCUT2D eigenvalue weighted by Gasteiger charge is 2.48. The van der Waals surface area contributed by atoms with E-state index in [2.05, 4.69) is 0 Å². The Hall–Kier alpha value is -3.29. The van der Waals surface area contributed by atoms with E-state index in [1.54, 1.807) is 12.1 Å². The number of phenols is 2. The summed E-state index contributed by atoms with van der Waals surface area (Å²) in [7, 11) is 0. The van der Waals surface area contributed by atoms with Crippen LogP contribution in [0.4, 0.5) is 9.18 Å². The Balaban J connectivity index is 1.46. The summed E-state index contributed by atoms with van der Waals surface area (Å²) in [6.45, 7) is 0.643. The van der Waals surface area contributed by atoms with Crippen LogP contribution >= 0.6 is 0 Å². The van der Waals surface area contributed by atoms with Crippen molar-refractivity contribution >= 4 is 12.0 Å². The monoisotopic (exact) mass is 414 g/mol. The summed E-state index contributed by atoms with van der Waals surface area (Å²) in [6.07, 6.45) is 1.25. The number of aromatic hydroxyl groups is 2. The third-order valence-electron chi connectivity index (χ3n) is 6.15. The van der Waals surface area contributed by atoms with Crippen LogP contribution in [0.25, 0.3) is 0 Å². The maximum atomic E-state index is 13.7. The smallest absolute Gasteiger partial charge is 0.411 e. The van der Waals surface area contributed by atoms with E-state index < -0.39 is 29.2 Å². The van der Waals surface area contributed by atoms with E-state index in [0.29, 0.717) is 49.9 Å². The zero-order valence-electron chi connectivity index (χ0n) is 16.3. The predicted octanol–water partition coefficient (Wildman–Crippen LogP) is 2.88. The summed E-state index contributed by atoms with van der Waals surface area (Å²) in [5, 5.41) is 19.4. The lowest BCUT2D eigenvalue weighted by atomic mass is 9.88. The van der Waals surface area contributed by atoms with Crippen molar-refractivity contribution in [2.45, 2.75) is 37.2 Å². The molecule has 30 heavy (non-hydrogen) atoms. The number of hydrogen-bond donors (Lipinski definition) is 3. The predicted molar refractivity (Wildman–Crippen MR) is 105 cm³/mol. The fourth-order valence-corrected chi connectivity index (χ4v) is 4.47. The van der Waals surface area contributed by atoms with Crippen LogP contribution in [0.15, 0.2) is 36.4 Å². The molecule has 0 aromatic heterocycles. The van der Waals surface area contributed by atoms with Crippen LogP contribution in [0.1, 0.15) is 41.9 Å². The maximum absolute atomic E-state index is 13.7. The van der Waals surface area contributed by atoms with Gasteiger partial charge in [0.2, 0.25) is 5.60 Å². The zero-order chi connectivity index (χ0) is 21.5. The summed E-state index contributed by atoms with van der Waals surface area (Å²) >= 11 is 0. The molecule has 0 spiro atoms. The number of halogens is 1. The van der Waals surface area contributed by atoms with Gasteiger partial charge >= 0.3 is 6.09 Å². The molecule has 2 aliphatic rings. The van der Waals surface area contributed by atoms with Gasteiger partial charge in [-0.15, -0.1) is 0 Å². The molecular weight excluding hydrogens is 391 g/mol. The lowest BCUT2D eigenvalue weighted by Crippen LogP contribution is -2.48. The molecule has 1 heterocycles. The van der Waals surface area contributed by atoms with E-state index in [4.69, 9.17) is 10.5 Å². The number of carbonyl (C=O) groups is 2. The summed E-state index contributed by atoms with van der Waals surface area (Å²) in [5.74, 6) is -2.44. The molecule has 1 atom stereocenters. The summed E-state index contributed by atoms with van der Waals surface area (Å²) < 4.78 is 19.4. The average molecular weight is 414 g/mol. The second-order valence-electron chi connectivity index (χ2n) is 7.84. The summed E-state index contributed by atoms with van der Waals surface area (Å²) in [6, 6.07) is 9.41. The number of rotatable bonds is 3. The van der Waals surface area contributed by atoms with Crippen LogP contribution in [0.3, 0.4) is 0 Å². The molecule has 7 nitrogen and oxygen atoms in total. The number of primary amides is 1. The molecule has 1 aliphatic carbocycles. The number of phenolic OH excluding ortho intramolecular Hbond substituents is 2. The number of carbonyl (C=O) groups excluding carboxylic acids is 2. The van der Waals surface area contributed by atoms with Gasteiger partial charge in [-0.3, -0.25) is 4.79 Å². The Labute approximate surface area is 172 Å². The minimum atomic E-state index is -1.47. The average Bonchev–Trinajstić information content (AvgIpc) is 3.11. The van der Waals surface area contributed by atoms with Crippen molar-refractivity contribution < 1.29 is 28.9 Å². The van der Waals surface area contributed by atoms with Crippen LogP contribution in [0, 0.1) is 5.82 Å². The van der Waals surface area contributed by atoms with Gasteiger partial charge in [-0.25, -0.2) is 9.18 Å². The number of fused-ring (bicyclic) bond motifs is 1. The number of ether oxygens (including phenoxy) is 1. The number of nitrogens with two attached hydrogens (primary N) is 1. The van der Waals surface area contributed by atoms with Crippen molar-refractivity contribution in [3.05, 3.63) is 58.9 Å². The Morgan fingerprint density at radius 3 is 2.53 bits per heavy atom. The quantitative estimate of drug-likeness (QED) is 0.715. The topological polar surface area (TPSA) is 113 Å². The number of amides is 2. The van der Waals surface area contributed by atoms with Crippen molar-refractivity contribution in [1.29, 1.82) is 0 Å². The van der Waals surface area contributed by atoms with E-state index in [0.717, 1.165) is 17.7 Å². The molecule has 8 heteroatoms. The molecule has 0 bridgehead atoms. The molecule has 2 aromatic carbocycles. The van der Waals surface area contributed by atoms with Gasteiger partial charge in [-0.2, -0.15) is 0 Å². The lowest BCUT2D eigenvalue weighted by Gasteiger charge is -2.35. The number of aryl methyl sites for hydroxylation is 1. The first-order valence-corrected chi connectivity index (χ1v) is 9.89. The second kappa shape index (κ2) is 7.51. The van der Waals surface area contributed by atoms with E-state index >= 15 is 0 Å². The van der Waals surface area contributed by atoms with Crippen LogP contribution in [0.2, 0.25) is 0 Å². The molecule has 1 unspecified atom stereocenters. The van der Waals surface area contributed by atoms with Crippen molar-refractivity contribution in [3.8, 4) is 11.5 Å². The Bertz CT molecular complexity index is 1000. The molecule has 4 N–H and O–H groups in total. The Kier molecular flexibility index (Phi) is 5.01. The number of benzene rings is 2. The zero-order valence-corrected chi connectivity index (χ0v) is 16.3. The first-order valence-electron chi connectivity index (χ1n) is 9.89. The molecule has 1 fully saturated rings. The third-order valence-corrected chi connectivity index (χ3v) is 6.15. The first kappa shape index (κ1) is 20.0. The highest BCUT2D eigenvalue weighted by atomic mass is 19.1. The van der Waals surface area contributed by atoms with Gasteiger partial charge in [-0.1, -0.05) is 24.3 Å². The lowest BCUT2D eigenvalue weighted by molar-refractivity contribution is -0.138.